The van der Waals surface area contributed by atoms with E-state index in [1.165, 1.54) is 6.08 Å². The Hall–Kier alpha value is -3.48. The van der Waals surface area contributed by atoms with E-state index in [-0.39, 0.29) is 11.8 Å². The Morgan fingerprint density at radius 1 is 1.15 bits per heavy atom. The van der Waals surface area contributed by atoms with Crippen LogP contribution in [0.4, 0.5) is 11.4 Å². The third kappa shape index (κ3) is 4.20. The van der Waals surface area contributed by atoms with Crippen LogP contribution in [0.1, 0.15) is 12.5 Å². The SMILES string of the molecule is COc1ccc(/C=C/C(=O)Nc2ccc3c(c2)NC(=O)[C@H](C)O3)cc1OC. The summed E-state index contributed by atoms with van der Waals surface area (Å²) in [6.07, 6.45) is 2.54. The zero-order valence-corrected chi connectivity index (χ0v) is 15.2. The van der Waals surface area contributed by atoms with E-state index < -0.39 is 6.10 Å². The molecule has 2 aromatic rings. The van der Waals surface area contributed by atoms with Gasteiger partial charge in [0.2, 0.25) is 5.91 Å². The van der Waals surface area contributed by atoms with Gasteiger partial charge in [-0.3, -0.25) is 9.59 Å². The molecule has 7 heteroatoms. The van der Waals surface area contributed by atoms with Gasteiger partial charge >= 0.3 is 0 Å². The van der Waals surface area contributed by atoms with Crippen LogP contribution in [0, 0.1) is 0 Å². The van der Waals surface area contributed by atoms with Crippen LogP contribution in [0.3, 0.4) is 0 Å². The summed E-state index contributed by atoms with van der Waals surface area (Å²) in [7, 11) is 3.12. The van der Waals surface area contributed by atoms with E-state index in [1.807, 2.05) is 6.07 Å². The van der Waals surface area contributed by atoms with Gasteiger partial charge in [0.1, 0.15) is 5.75 Å². The number of benzene rings is 2. The molecular weight excluding hydrogens is 348 g/mol. The molecule has 2 aromatic carbocycles. The molecule has 27 heavy (non-hydrogen) atoms. The van der Waals surface area contributed by atoms with Gasteiger partial charge in [0.05, 0.1) is 19.9 Å². The van der Waals surface area contributed by atoms with Gasteiger partial charge in [-0.2, -0.15) is 0 Å². The molecule has 0 bridgehead atoms. The van der Waals surface area contributed by atoms with Crippen molar-refractivity contribution in [1.82, 2.24) is 0 Å². The highest BCUT2D eigenvalue weighted by Gasteiger charge is 2.23. The van der Waals surface area contributed by atoms with E-state index in [0.717, 1.165) is 5.56 Å². The number of carbonyl (C=O) groups excluding carboxylic acids is 2. The molecule has 0 fully saturated rings. The predicted octanol–water partition coefficient (Wildman–Crippen LogP) is 3.08. The van der Waals surface area contributed by atoms with Crippen LogP contribution in [0.2, 0.25) is 0 Å². The number of methoxy groups -OCH3 is 2. The van der Waals surface area contributed by atoms with E-state index in [2.05, 4.69) is 10.6 Å². The minimum Gasteiger partial charge on any atom is -0.493 e. The number of ether oxygens (including phenoxy) is 3. The van der Waals surface area contributed by atoms with Crippen LogP contribution >= 0.6 is 0 Å². The average Bonchev–Trinajstić information content (AvgIpc) is 2.67. The van der Waals surface area contributed by atoms with Gasteiger partial charge in [-0.15, -0.1) is 0 Å². The maximum Gasteiger partial charge on any atom is 0.265 e. The Balaban J connectivity index is 1.68. The van der Waals surface area contributed by atoms with Crippen molar-refractivity contribution in [3.63, 3.8) is 0 Å². The fraction of sp³-hybridized carbons (Fsp3) is 0.200. The smallest absolute Gasteiger partial charge is 0.265 e. The second-order valence-corrected chi connectivity index (χ2v) is 5.90. The molecule has 0 radical (unpaired) electrons. The number of carbonyl (C=O) groups is 2. The quantitative estimate of drug-likeness (QED) is 0.792. The normalized spacial score (nSPS) is 15.5. The summed E-state index contributed by atoms with van der Waals surface area (Å²) >= 11 is 0. The van der Waals surface area contributed by atoms with Crippen molar-refractivity contribution < 1.29 is 23.8 Å². The van der Waals surface area contributed by atoms with E-state index in [1.54, 1.807) is 57.6 Å². The number of fused-ring (bicyclic) bond motifs is 1. The maximum atomic E-state index is 12.2. The van der Waals surface area contributed by atoms with Crippen LogP contribution in [-0.4, -0.2) is 32.1 Å². The number of rotatable bonds is 5. The highest BCUT2D eigenvalue weighted by Crippen LogP contribution is 2.32. The second kappa shape index (κ2) is 7.82. The first-order valence-corrected chi connectivity index (χ1v) is 8.33. The topological polar surface area (TPSA) is 85.9 Å². The van der Waals surface area contributed by atoms with Crippen molar-refractivity contribution in [2.45, 2.75) is 13.0 Å². The van der Waals surface area contributed by atoms with Gasteiger partial charge in [0.15, 0.2) is 17.6 Å². The fourth-order valence-corrected chi connectivity index (χ4v) is 2.60. The van der Waals surface area contributed by atoms with Crippen LogP contribution in [-0.2, 0) is 9.59 Å². The van der Waals surface area contributed by atoms with Crippen LogP contribution in [0.5, 0.6) is 17.2 Å². The number of anilines is 2. The third-order valence-corrected chi connectivity index (χ3v) is 4.01. The van der Waals surface area contributed by atoms with Gasteiger partial charge in [-0.1, -0.05) is 6.07 Å². The first-order valence-electron chi connectivity index (χ1n) is 8.33. The Morgan fingerprint density at radius 3 is 2.67 bits per heavy atom. The zero-order valence-electron chi connectivity index (χ0n) is 15.2. The van der Waals surface area contributed by atoms with E-state index >= 15 is 0 Å². The lowest BCUT2D eigenvalue weighted by Gasteiger charge is -2.23. The molecule has 7 nitrogen and oxygen atoms in total. The number of hydrogen-bond acceptors (Lipinski definition) is 5. The molecule has 1 aliphatic rings. The summed E-state index contributed by atoms with van der Waals surface area (Å²) in [6.45, 7) is 1.67. The Kier molecular flexibility index (Phi) is 5.30. The molecule has 0 saturated carbocycles. The zero-order chi connectivity index (χ0) is 19.4. The number of hydrogen-bond donors (Lipinski definition) is 2. The molecule has 3 rings (SSSR count). The van der Waals surface area contributed by atoms with Crippen molar-refractivity contribution in [1.29, 1.82) is 0 Å². The molecule has 2 amide bonds. The van der Waals surface area contributed by atoms with Gasteiger partial charge in [-0.25, -0.2) is 0 Å². The van der Waals surface area contributed by atoms with Crippen molar-refractivity contribution in [3.8, 4) is 17.2 Å². The first-order chi connectivity index (χ1) is 13.0. The summed E-state index contributed by atoms with van der Waals surface area (Å²) in [6, 6.07) is 10.4. The molecule has 0 aromatic heterocycles. The van der Waals surface area contributed by atoms with Crippen LogP contribution in [0.15, 0.2) is 42.5 Å². The van der Waals surface area contributed by atoms with E-state index in [0.29, 0.717) is 28.6 Å². The summed E-state index contributed by atoms with van der Waals surface area (Å²) in [5.41, 5.74) is 1.87. The summed E-state index contributed by atoms with van der Waals surface area (Å²) in [5, 5.41) is 5.50. The third-order valence-electron chi connectivity index (χ3n) is 4.01. The molecule has 0 saturated heterocycles. The summed E-state index contributed by atoms with van der Waals surface area (Å²) in [5.74, 6) is 1.24. The monoisotopic (exact) mass is 368 g/mol. The van der Waals surface area contributed by atoms with E-state index in [9.17, 15) is 9.59 Å². The predicted molar refractivity (Wildman–Crippen MR) is 102 cm³/mol. The largest absolute Gasteiger partial charge is 0.493 e. The van der Waals surface area contributed by atoms with Gasteiger partial charge in [0, 0.05) is 11.8 Å². The molecule has 0 spiro atoms. The lowest BCUT2D eigenvalue weighted by molar-refractivity contribution is -0.122. The molecule has 2 N–H and O–H groups in total. The molecule has 0 unspecified atom stereocenters. The van der Waals surface area contributed by atoms with Crippen LogP contribution in [0.25, 0.3) is 6.08 Å². The number of nitrogens with one attached hydrogen (secondary N) is 2. The second-order valence-electron chi connectivity index (χ2n) is 5.90. The van der Waals surface area contributed by atoms with Crippen molar-refractivity contribution in [2.24, 2.45) is 0 Å². The Morgan fingerprint density at radius 2 is 1.93 bits per heavy atom. The molecule has 140 valence electrons. The summed E-state index contributed by atoms with van der Waals surface area (Å²) in [4.78, 5) is 23.9. The molecule has 1 aliphatic heterocycles. The van der Waals surface area contributed by atoms with Gasteiger partial charge < -0.3 is 24.8 Å². The van der Waals surface area contributed by atoms with E-state index in [4.69, 9.17) is 14.2 Å². The minimum atomic E-state index is -0.539. The lowest BCUT2D eigenvalue weighted by atomic mass is 10.2. The average molecular weight is 368 g/mol. The highest BCUT2D eigenvalue weighted by atomic mass is 16.5. The van der Waals surface area contributed by atoms with Crippen molar-refractivity contribution in [3.05, 3.63) is 48.0 Å². The summed E-state index contributed by atoms with van der Waals surface area (Å²) < 4.78 is 15.9. The standard InChI is InChI=1S/C20H20N2O5/c1-12-20(24)22-15-11-14(6-8-16(15)27-12)21-19(23)9-5-13-4-7-17(25-2)18(10-13)26-3/h4-12H,1-3H3,(H,21,23)(H,22,24)/b9-5+/t12-/m0/s1. The minimum absolute atomic E-state index is 0.223. The Labute approximate surface area is 156 Å². The lowest BCUT2D eigenvalue weighted by Crippen LogP contribution is -2.34. The molecular formula is C20H20N2O5. The fourth-order valence-electron chi connectivity index (χ4n) is 2.60. The first kappa shape index (κ1) is 18.3. The molecule has 0 aliphatic carbocycles. The highest BCUT2D eigenvalue weighted by molar-refractivity contribution is 6.03. The molecule has 1 atom stereocenters. The Bertz CT molecular complexity index is 907. The van der Waals surface area contributed by atoms with Gasteiger partial charge in [0.25, 0.3) is 5.91 Å². The van der Waals surface area contributed by atoms with Crippen molar-refractivity contribution >= 4 is 29.3 Å². The number of amides is 2. The van der Waals surface area contributed by atoms with Crippen molar-refractivity contribution in [2.75, 3.05) is 24.9 Å². The maximum absolute atomic E-state index is 12.2. The van der Waals surface area contributed by atoms with Crippen LogP contribution < -0.4 is 24.8 Å². The molecule has 1 heterocycles. The van der Waals surface area contributed by atoms with Gasteiger partial charge in [-0.05, 0) is 48.9 Å².